The van der Waals surface area contributed by atoms with Gasteiger partial charge >= 0.3 is 0 Å². The Balaban J connectivity index is 1.29. The van der Waals surface area contributed by atoms with Crippen molar-refractivity contribution in [2.45, 2.75) is 31.9 Å². The van der Waals surface area contributed by atoms with E-state index in [1.165, 1.54) is 31.4 Å². The number of hydrogen-bond donors (Lipinski definition) is 0. The molecule has 0 radical (unpaired) electrons. The molecule has 1 aromatic carbocycles. The van der Waals surface area contributed by atoms with E-state index in [1.54, 1.807) is 4.90 Å². The number of likely N-dealkylation sites (tertiary alicyclic amines) is 2. The molecular weight excluding hydrogens is 356 g/mol. The molecule has 0 saturated carbocycles. The molecule has 0 N–H and O–H groups in total. The van der Waals surface area contributed by atoms with Crippen molar-refractivity contribution in [1.82, 2.24) is 15.0 Å². The van der Waals surface area contributed by atoms with E-state index in [4.69, 9.17) is 9.26 Å². The quantitative estimate of drug-likeness (QED) is 0.802. The Hall–Kier alpha value is -2.48. The molecule has 0 bridgehead atoms. The summed E-state index contributed by atoms with van der Waals surface area (Å²) >= 11 is 0. The third kappa shape index (κ3) is 3.95. The molecule has 0 spiro atoms. The lowest BCUT2D eigenvalue weighted by atomic mass is 10.0. The molecule has 2 aromatic rings. The first-order chi connectivity index (χ1) is 13.1. The van der Waals surface area contributed by atoms with Crippen molar-refractivity contribution in [3.8, 4) is 5.75 Å². The summed E-state index contributed by atoms with van der Waals surface area (Å²) in [5.41, 5.74) is 0.213. The van der Waals surface area contributed by atoms with Gasteiger partial charge in [0.2, 0.25) is 0 Å². The number of piperidine rings is 1. The van der Waals surface area contributed by atoms with Crippen molar-refractivity contribution < 1.29 is 22.8 Å². The summed E-state index contributed by atoms with van der Waals surface area (Å²) in [7, 11) is 0. The molecule has 2 aliphatic heterocycles. The zero-order chi connectivity index (χ0) is 18.8. The summed E-state index contributed by atoms with van der Waals surface area (Å²) < 4.78 is 36.8. The van der Waals surface area contributed by atoms with Crippen molar-refractivity contribution in [2.24, 2.45) is 0 Å². The van der Waals surface area contributed by atoms with Crippen LogP contribution in [0.15, 0.2) is 28.8 Å². The molecule has 2 fully saturated rings. The molecule has 3 heterocycles. The smallest absolute Gasteiger partial charge is 0.276 e. The van der Waals surface area contributed by atoms with Crippen LogP contribution in [0.2, 0.25) is 0 Å². The van der Waals surface area contributed by atoms with Gasteiger partial charge < -0.3 is 14.2 Å². The van der Waals surface area contributed by atoms with Crippen molar-refractivity contribution in [2.75, 3.05) is 26.2 Å². The Morgan fingerprint density at radius 2 is 1.96 bits per heavy atom. The van der Waals surface area contributed by atoms with Crippen LogP contribution in [0, 0.1) is 11.6 Å². The summed E-state index contributed by atoms with van der Waals surface area (Å²) in [6, 6.07) is 4.99. The largest absolute Gasteiger partial charge is 0.482 e. The Bertz CT molecular complexity index is 814. The maximum atomic E-state index is 13.6. The van der Waals surface area contributed by atoms with E-state index in [0.29, 0.717) is 24.9 Å². The third-order valence-corrected chi connectivity index (χ3v) is 5.10. The van der Waals surface area contributed by atoms with E-state index in [-0.39, 0.29) is 24.0 Å². The van der Waals surface area contributed by atoms with Gasteiger partial charge in [0.25, 0.3) is 5.91 Å². The third-order valence-electron chi connectivity index (χ3n) is 5.10. The Morgan fingerprint density at radius 1 is 1.19 bits per heavy atom. The van der Waals surface area contributed by atoms with Gasteiger partial charge in [-0.05, 0) is 38.1 Å². The van der Waals surface area contributed by atoms with E-state index in [1.807, 2.05) is 0 Å². The Morgan fingerprint density at radius 3 is 2.70 bits per heavy atom. The van der Waals surface area contributed by atoms with Crippen LogP contribution in [-0.2, 0) is 6.61 Å². The average molecular weight is 377 g/mol. The highest BCUT2D eigenvalue weighted by Crippen LogP contribution is 2.22. The molecule has 1 amide bonds. The van der Waals surface area contributed by atoms with Gasteiger partial charge in [-0.15, -0.1) is 0 Å². The number of nitrogens with zero attached hydrogens (tertiary/aromatic N) is 3. The Labute approximate surface area is 155 Å². The summed E-state index contributed by atoms with van der Waals surface area (Å²) in [6.07, 6.45) is 3.74. The Kier molecular flexibility index (Phi) is 5.07. The van der Waals surface area contributed by atoms with Crippen LogP contribution < -0.4 is 4.74 Å². The number of halogens is 2. The minimum Gasteiger partial charge on any atom is -0.482 e. The molecule has 4 rings (SSSR count). The van der Waals surface area contributed by atoms with Crippen LogP contribution in [0.5, 0.6) is 5.75 Å². The van der Waals surface area contributed by atoms with E-state index in [0.717, 1.165) is 25.2 Å². The molecule has 0 atom stereocenters. The summed E-state index contributed by atoms with van der Waals surface area (Å²) in [5.74, 6) is -1.44. The SMILES string of the molecule is O=C(c1cc(COc2ccc(F)cc2F)on1)N1CC(N2CCCCC2)C1. The molecule has 6 nitrogen and oxygen atoms in total. The second kappa shape index (κ2) is 7.64. The number of benzene rings is 1. The highest BCUT2D eigenvalue weighted by Gasteiger charge is 2.36. The highest BCUT2D eigenvalue weighted by atomic mass is 19.1. The zero-order valence-electron chi connectivity index (χ0n) is 14.9. The fourth-order valence-corrected chi connectivity index (χ4v) is 3.52. The van der Waals surface area contributed by atoms with Crippen molar-refractivity contribution in [1.29, 1.82) is 0 Å². The number of ether oxygens (including phenoxy) is 1. The van der Waals surface area contributed by atoms with Gasteiger partial charge in [0.15, 0.2) is 23.0 Å². The predicted molar refractivity (Wildman–Crippen MR) is 92.3 cm³/mol. The lowest BCUT2D eigenvalue weighted by molar-refractivity contribution is 0.0196. The van der Waals surface area contributed by atoms with Gasteiger partial charge in [0, 0.05) is 31.3 Å². The van der Waals surface area contributed by atoms with Crippen LogP contribution in [0.25, 0.3) is 0 Å². The van der Waals surface area contributed by atoms with Gasteiger partial charge in [-0.25, -0.2) is 8.78 Å². The average Bonchev–Trinajstić information content (AvgIpc) is 3.10. The van der Waals surface area contributed by atoms with E-state index in [9.17, 15) is 13.6 Å². The number of rotatable bonds is 5. The standard InChI is InChI=1S/C19H21F2N3O3/c20-13-4-5-18(16(21)8-13)26-12-15-9-17(22-27-15)19(25)24-10-14(11-24)23-6-2-1-3-7-23/h4-5,8-9,14H,1-3,6-7,10-12H2. The fourth-order valence-electron chi connectivity index (χ4n) is 3.52. The van der Waals surface area contributed by atoms with Crippen LogP contribution in [-0.4, -0.2) is 53.1 Å². The maximum absolute atomic E-state index is 13.6. The predicted octanol–water partition coefficient (Wildman–Crippen LogP) is 2.84. The van der Waals surface area contributed by atoms with Gasteiger partial charge in [-0.2, -0.15) is 0 Å². The first kappa shape index (κ1) is 17.9. The van der Waals surface area contributed by atoms with Gasteiger partial charge in [0.05, 0.1) is 0 Å². The van der Waals surface area contributed by atoms with Gasteiger partial charge in [-0.1, -0.05) is 11.6 Å². The normalized spacial score (nSPS) is 18.4. The molecule has 0 aliphatic carbocycles. The minimum atomic E-state index is -0.796. The molecule has 2 aliphatic rings. The topological polar surface area (TPSA) is 58.8 Å². The molecular formula is C19H21F2N3O3. The lowest BCUT2D eigenvalue weighted by Gasteiger charge is -2.46. The van der Waals surface area contributed by atoms with Crippen LogP contribution >= 0.6 is 0 Å². The first-order valence-electron chi connectivity index (χ1n) is 9.17. The molecule has 144 valence electrons. The molecule has 1 aromatic heterocycles. The van der Waals surface area contributed by atoms with E-state index >= 15 is 0 Å². The second-order valence-electron chi connectivity index (χ2n) is 7.00. The summed E-state index contributed by atoms with van der Waals surface area (Å²) in [5, 5.41) is 3.79. The van der Waals surface area contributed by atoms with Crippen molar-refractivity contribution in [3.63, 3.8) is 0 Å². The number of aromatic nitrogens is 1. The molecule has 2 saturated heterocycles. The summed E-state index contributed by atoms with van der Waals surface area (Å²) in [6.45, 7) is 3.53. The summed E-state index contributed by atoms with van der Waals surface area (Å²) in [4.78, 5) is 16.7. The van der Waals surface area contributed by atoms with Gasteiger partial charge in [-0.3, -0.25) is 9.69 Å². The number of carbonyl (C=O) groups is 1. The van der Waals surface area contributed by atoms with E-state index < -0.39 is 11.6 Å². The highest BCUT2D eigenvalue weighted by molar-refractivity contribution is 5.92. The van der Waals surface area contributed by atoms with Crippen LogP contribution in [0.1, 0.15) is 35.5 Å². The fraction of sp³-hybridized carbons (Fsp3) is 0.474. The minimum absolute atomic E-state index is 0.0900. The maximum Gasteiger partial charge on any atom is 0.276 e. The van der Waals surface area contributed by atoms with Crippen molar-refractivity contribution >= 4 is 5.91 Å². The zero-order valence-corrected chi connectivity index (χ0v) is 14.9. The van der Waals surface area contributed by atoms with Crippen LogP contribution in [0.3, 0.4) is 0 Å². The first-order valence-corrected chi connectivity index (χ1v) is 9.17. The van der Waals surface area contributed by atoms with Crippen molar-refractivity contribution in [3.05, 3.63) is 47.4 Å². The van der Waals surface area contributed by atoms with E-state index in [2.05, 4.69) is 10.1 Å². The monoisotopic (exact) mass is 377 g/mol. The molecule has 0 unspecified atom stereocenters. The number of amides is 1. The number of carbonyl (C=O) groups excluding carboxylic acids is 1. The van der Waals surface area contributed by atoms with Gasteiger partial charge in [0.1, 0.15) is 12.4 Å². The van der Waals surface area contributed by atoms with Crippen LogP contribution in [0.4, 0.5) is 8.78 Å². The second-order valence-corrected chi connectivity index (χ2v) is 7.00. The lowest BCUT2D eigenvalue weighted by Crippen LogP contribution is -2.61. The molecule has 8 heteroatoms. The molecule has 27 heavy (non-hydrogen) atoms. The number of hydrogen-bond acceptors (Lipinski definition) is 5.